The van der Waals surface area contributed by atoms with Crippen LogP contribution in [0.4, 0.5) is 0 Å². The largest absolute Gasteiger partial charge is 0.339 e. The molecule has 2 aliphatic rings. The van der Waals surface area contributed by atoms with E-state index in [-0.39, 0.29) is 5.91 Å². The van der Waals surface area contributed by atoms with Gasteiger partial charge in [0.05, 0.1) is 10.0 Å². The molecule has 2 fully saturated rings. The Morgan fingerprint density at radius 3 is 2.09 bits per heavy atom. The van der Waals surface area contributed by atoms with Crippen molar-refractivity contribution in [3.8, 4) is 0 Å². The topological polar surface area (TPSA) is 26.8 Å². The zero-order valence-electron chi connectivity index (χ0n) is 18.9. The predicted octanol–water partition coefficient (Wildman–Crippen LogP) is 6.06. The van der Waals surface area contributed by atoms with Crippen molar-refractivity contribution in [2.75, 3.05) is 45.8 Å². The van der Waals surface area contributed by atoms with Gasteiger partial charge in [0, 0.05) is 61.5 Å². The average Bonchev–Trinajstić information content (AvgIpc) is 2.83. The van der Waals surface area contributed by atoms with E-state index in [4.69, 9.17) is 34.8 Å². The van der Waals surface area contributed by atoms with E-state index in [0.29, 0.717) is 21.1 Å². The fourth-order valence-corrected chi connectivity index (χ4v) is 5.63. The Hall–Kier alpha value is -1.56. The third kappa shape index (κ3) is 6.12. The fourth-order valence-electron chi connectivity index (χ4n) is 4.69. The second-order valence-electron chi connectivity index (χ2n) is 8.73. The molecule has 0 aliphatic carbocycles. The fraction of sp³-hybridized carbons (Fsp3) is 0.423. The van der Waals surface area contributed by atoms with E-state index in [9.17, 15) is 4.79 Å². The molecule has 0 radical (unpaired) electrons. The highest BCUT2D eigenvalue weighted by Crippen LogP contribution is 2.30. The summed E-state index contributed by atoms with van der Waals surface area (Å²) in [7, 11) is 0. The third-order valence-electron chi connectivity index (χ3n) is 6.77. The quantitative estimate of drug-likeness (QED) is 0.461. The van der Waals surface area contributed by atoms with Gasteiger partial charge in [0.2, 0.25) is 0 Å². The number of hydrogen-bond donors (Lipinski definition) is 0. The molecule has 7 heteroatoms. The Morgan fingerprint density at radius 1 is 0.909 bits per heavy atom. The first-order valence-electron chi connectivity index (χ1n) is 11.6. The van der Waals surface area contributed by atoms with E-state index < -0.39 is 0 Å². The molecule has 2 saturated heterocycles. The van der Waals surface area contributed by atoms with Crippen LogP contribution in [0.1, 0.15) is 41.3 Å². The highest BCUT2D eigenvalue weighted by molar-refractivity contribution is 6.40. The minimum absolute atomic E-state index is 0.114. The molecule has 0 N–H and O–H groups in total. The number of piperazine rings is 1. The summed E-state index contributed by atoms with van der Waals surface area (Å²) in [6.45, 7) is 9.63. The highest BCUT2D eigenvalue weighted by atomic mass is 35.5. The van der Waals surface area contributed by atoms with Crippen molar-refractivity contribution >= 4 is 52.9 Å². The first-order valence-corrected chi connectivity index (χ1v) is 12.8. The summed E-state index contributed by atoms with van der Waals surface area (Å²) in [5.41, 5.74) is 2.42. The molecule has 0 saturated carbocycles. The average molecular weight is 507 g/mol. The zero-order valence-corrected chi connectivity index (χ0v) is 21.2. The summed E-state index contributed by atoms with van der Waals surface area (Å²) in [5, 5.41) is 1.52. The van der Waals surface area contributed by atoms with Crippen molar-refractivity contribution in [2.24, 2.45) is 0 Å². The molecule has 0 aromatic heterocycles. The van der Waals surface area contributed by atoms with Crippen molar-refractivity contribution in [3.05, 3.63) is 68.2 Å². The lowest BCUT2D eigenvalue weighted by Crippen LogP contribution is -2.53. The maximum Gasteiger partial charge on any atom is 0.253 e. The molecule has 4 rings (SSSR count). The number of piperidine rings is 1. The number of likely N-dealkylation sites (tertiary alicyclic amines) is 1. The Morgan fingerprint density at radius 2 is 1.52 bits per heavy atom. The van der Waals surface area contributed by atoms with E-state index in [1.165, 1.54) is 0 Å². The van der Waals surface area contributed by atoms with Crippen molar-refractivity contribution in [2.45, 2.75) is 25.8 Å². The van der Waals surface area contributed by atoms with E-state index >= 15 is 0 Å². The number of benzene rings is 2. The molecule has 0 atom stereocenters. The van der Waals surface area contributed by atoms with Gasteiger partial charge in [-0.05, 0) is 49.2 Å². The van der Waals surface area contributed by atoms with Crippen LogP contribution in [0.25, 0.3) is 12.2 Å². The number of carbonyl (C=O) groups is 1. The number of hydrogen-bond acceptors (Lipinski definition) is 3. The van der Waals surface area contributed by atoms with Gasteiger partial charge in [-0.15, -0.1) is 0 Å². The highest BCUT2D eigenvalue weighted by Gasteiger charge is 2.29. The number of halogens is 3. The number of carbonyl (C=O) groups excluding carboxylic acids is 1. The molecule has 2 heterocycles. The van der Waals surface area contributed by atoms with Crippen molar-refractivity contribution in [1.82, 2.24) is 14.7 Å². The van der Waals surface area contributed by atoms with Gasteiger partial charge in [0.1, 0.15) is 0 Å². The lowest BCUT2D eigenvalue weighted by molar-refractivity contribution is 0.0490. The Balaban J connectivity index is 1.32. The second-order valence-corrected chi connectivity index (χ2v) is 9.98. The molecule has 0 unspecified atom stereocenters. The summed E-state index contributed by atoms with van der Waals surface area (Å²) >= 11 is 18.5. The summed E-state index contributed by atoms with van der Waals surface area (Å²) in [6.07, 6.45) is 5.91. The molecule has 2 aromatic carbocycles. The summed E-state index contributed by atoms with van der Waals surface area (Å²) < 4.78 is 0. The van der Waals surface area contributed by atoms with Crippen LogP contribution in [-0.4, -0.2) is 72.5 Å². The molecule has 33 heavy (non-hydrogen) atoms. The molecule has 0 bridgehead atoms. The lowest BCUT2D eigenvalue weighted by Gasteiger charge is -2.42. The second kappa shape index (κ2) is 11.2. The lowest BCUT2D eigenvalue weighted by atomic mass is 10.0. The number of likely N-dealkylation sites (N-methyl/N-ethyl adjacent to an activating group) is 1. The summed E-state index contributed by atoms with van der Waals surface area (Å²) in [5.74, 6) is 0.114. The monoisotopic (exact) mass is 505 g/mol. The van der Waals surface area contributed by atoms with Crippen LogP contribution < -0.4 is 0 Å². The van der Waals surface area contributed by atoms with Crippen molar-refractivity contribution in [3.63, 3.8) is 0 Å². The predicted molar refractivity (Wildman–Crippen MR) is 139 cm³/mol. The van der Waals surface area contributed by atoms with E-state index in [0.717, 1.165) is 75.3 Å². The maximum absolute atomic E-state index is 13.0. The summed E-state index contributed by atoms with van der Waals surface area (Å²) in [6, 6.07) is 11.6. The number of amides is 1. The van der Waals surface area contributed by atoms with Crippen molar-refractivity contribution in [1.29, 1.82) is 0 Å². The molecule has 0 spiro atoms. The number of rotatable bonds is 5. The van der Waals surface area contributed by atoms with Crippen LogP contribution in [0.5, 0.6) is 0 Å². The van der Waals surface area contributed by atoms with Crippen LogP contribution in [0.15, 0.2) is 36.4 Å². The van der Waals surface area contributed by atoms with E-state index in [1.807, 2.05) is 41.3 Å². The van der Waals surface area contributed by atoms with Crippen molar-refractivity contribution < 1.29 is 4.79 Å². The van der Waals surface area contributed by atoms with Gasteiger partial charge in [-0.1, -0.05) is 66.0 Å². The molecule has 4 nitrogen and oxygen atoms in total. The molecule has 2 aliphatic heterocycles. The van der Waals surface area contributed by atoms with E-state index in [2.05, 4.69) is 16.7 Å². The number of nitrogens with zero attached hydrogens (tertiary/aromatic N) is 3. The van der Waals surface area contributed by atoms with Gasteiger partial charge >= 0.3 is 0 Å². The molecular weight excluding hydrogens is 477 g/mol. The zero-order chi connectivity index (χ0) is 23.4. The maximum atomic E-state index is 13.0. The molecule has 2 aromatic rings. The summed E-state index contributed by atoms with van der Waals surface area (Å²) in [4.78, 5) is 20.1. The standard InChI is InChI=1S/C26H30Cl3N3O/c1-2-30-13-15-31(16-14-30)22-9-11-32(12-10-22)26(33)20-6-3-19(4-7-20)5-8-23-24(28)17-21(27)18-25(23)29/h3-8,17-18,22H,2,9-16H2,1H3/b8-5+. The van der Waals surface area contributed by atoms with Crippen LogP contribution in [0, 0.1) is 0 Å². The SMILES string of the molecule is CCN1CCN(C2CCN(C(=O)c3ccc(/C=C/c4c(Cl)cc(Cl)cc4Cl)cc3)CC2)CC1. The van der Waals surface area contributed by atoms with Gasteiger partial charge in [0.15, 0.2) is 0 Å². The first kappa shape index (κ1) is 24.6. The Bertz CT molecular complexity index is 969. The minimum atomic E-state index is 0.114. The van der Waals surface area contributed by atoms with Crippen LogP contribution >= 0.6 is 34.8 Å². The third-order valence-corrected chi connectivity index (χ3v) is 7.61. The minimum Gasteiger partial charge on any atom is -0.339 e. The Kier molecular flexibility index (Phi) is 8.37. The van der Waals surface area contributed by atoms with Gasteiger partial charge in [-0.25, -0.2) is 0 Å². The molecule has 176 valence electrons. The first-order chi connectivity index (χ1) is 15.9. The van der Waals surface area contributed by atoms with Crippen LogP contribution in [-0.2, 0) is 0 Å². The molecular formula is C26H30Cl3N3O. The van der Waals surface area contributed by atoms with E-state index in [1.54, 1.807) is 12.1 Å². The smallest absolute Gasteiger partial charge is 0.253 e. The Labute approximate surface area is 211 Å². The van der Waals surface area contributed by atoms with Gasteiger partial charge in [-0.2, -0.15) is 0 Å². The van der Waals surface area contributed by atoms with Gasteiger partial charge in [0.25, 0.3) is 5.91 Å². The normalized spacial score (nSPS) is 18.8. The van der Waals surface area contributed by atoms with Crippen LogP contribution in [0.2, 0.25) is 15.1 Å². The van der Waals surface area contributed by atoms with Gasteiger partial charge < -0.3 is 9.80 Å². The van der Waals surface area contributed by atoms with Crippen LogP contribution in [0.3, 0.4) is 0 Å². The van der Waals surface area contributed by atoms with Gasteiger partial charge in [-0.3, -0.25) is 9.69 Å². The molecule has 1 amide bonds.